The largest absolute Gasteiger partial charge is 0.495 e. The molecule has 2 heteroatoms. The summed E-state index contributed by atoms with van der Waals surface area (Å²) in [5, 5.41) is 0. The summed E-state index contributed by atoms with van der Waals surface area (Å²) in [6.45, 7) is 1.95. The molecule has 0 aromatic heterocycles. The molecule has 53 valence electrons. The van der Waals surface area contributed by atoms with Crippen LogP contribution in [0.15, 0.2) is 12.1 Å². The minimum Gasteiger partial charge on any atom is -0.495 e. The maximum Gasteiger partial charge on any atom is 0.142 e. The second-order valence-electron chi connectivity index (χ2n) is 2.14. The topological polar surface area (TPSA) is 35.2 Å². The van der Waals surface area contributed by atoms with E-state index in [4.69, 9.17) is 10.5 Å². The smallest absolute Gasteiger partial charge is 0.142 e. The molecule has 0 amide bonds. The summed E-state index contributed by atoms with van der Waals surface area (Å²) in [4.78, 5) is 0. The van der Waals surface area contributed by atoms with Gasteiger partial charge in [-0.1, -0.05) is 0 Å². The van der Waals surface area contributed by atoms with Gasteiger partial charge in [0, 0.05) is 0 Å². The third-order valence-corrected chi connectivity index (χ3v) is 1.31. The van der Waals surface area contributed by atoms with Gasteiger partial charge in [0.1, 0.15) is 5.75 Å². The summed E-state index contributed by atoms with van der Waals surface area (Å²) in [5.41, 5.74) is 7.21. The van der Waals surface area contributed by atoms with Crippen LogP contribution in [0, 0.1) is 13.0 Å². The molecule has 1 radical (unpaired) electrons. The van der Waals surface area contributed by atoms with Crippen molar-refractivity contribution in [2.45, 2.75) is 6.92 Å². The molecule has 1 aromatic rings. The first kappa shape index (κ1) is 6.93. The van der Waals surface area contributed by atoms with E-state index < -0.39 is 0 Å². The van der Waals surface area contributed by atoms with Crippen molar-refractivity contribution in [3.05, 3.63) is 23.8 Å². The molecule has 0 bridgehead atoms. The molecular formula is C8H10NO. The van der Waals surface area contributed by atoms with Gasteiger partial charge in [0.15, 0.2) is 0 Å². The highest BCUT2D eigenvalue weighted by Gasteiger charge is 1.96. The lowest BCUT2D eigenvalue weighted by Crippen LogP contribution is -1.91. The fourth-order valence-corrected chi connectivity index (χ4v) is 0.761. The number of nitrogen functional groups attached to an aromatic ring is 1. The quantitative estimate of drug-likeness (QED) is 0.592. The Morgan fingerprint density at radius 3 is 2.80 bits per heavy atom. The minimum absolute atomic E-state index is 0.633. The van der Waals surface area contributed by atoms with E-state index in [9.17, 15) is 0 Å². The number of aryl methyl sites for hydroxylation is 1. The predicted octanol–water partition coefficient (Wildman–Crippen LogP) is 1.39. The number of hydrogen-bond acceptors (Lipinski definition) is 2. The number of ether oxygens (including phenoxy) is 1. The minimum atomic E-state index is 0.633. The van der Waals surface area contributed by atoms with Crippen LogP contribution in [0.5, 0.6) is 5.75 Å². The van der Waals surface area contributed by atoms with Crippen molar-refractivity contribution >= 4 is 5.69 Å². The van der Waals surface area contributed by atoms with Gasteiger partial charge in [-0.25, -0.2) is 0 Å². The lowest BCUT2D eigenvalue weighted by Gasteiger charge is -2.03. The first-order valence-electron chi connectivity index (χ1n) is 3.06. The Kier molecular flexibility index (Phi) is 1.81. The molecule has 0 atom stereocenters. The molecular weight excluding hydrogens is 126 g/mol. The summed E-state index contributed by atoms with van der Waals surface area (Å²) >= 11 is 0. The fourth-order valence-electron chi connectivity index (χ4n) is 0.761. The lowest BCUT2D eigenvalue weighted by molar-refractivity contribution is 0.416. The SMILES string of the molecule is COc1cc(C)[c]cc1N. The number of nitrogens with two attached hydrogens (primary N) is 1. The van der Waals surface area contributed by atoms with Gasteiger partial charge in [-0.3, -0.25) is 0 Å². The molecule has 2 N–H and O–H groups in total. The van der Waals surface area contributed by atoms with Crippen LogP contribution in [-0.4, -0.2) is 7.11 Å². The molecule has 0 aliphatic heterocycles. The van der Waals surface area contributed by atoms with Crippen LogP contribution in [0.3, 0.4) is 0 Å². The summed E-state index contributed by atoms with van der Waals surface area (Å²) in [5.74, 6) is 0.719. The fraction of sp³-hybridized carbons (Fsp3) is 0.250. The van der Waals surface area contributed by atoms with Gasteiger partial charge in [0.25, 0.3) is 0 Å². The van der Waals surface area contributed by atoms with E-state index in [1.807, 2.05) is 13.0 Å². The normalized spacial score (nSPS) is 9.40. The molecule has 0 fully saturated rings. The highest BCUT2D eigenvalue weighted by molar-refractivity contribution is 5.53. The molecule has 0 aliphatic rings. The summed E-state index contributed by atoms with van der Waals surface area (Å²) in [6.07, 6.45) is 0. The van der Waals surface area contributed by atoms with E-state index in [0.717, 1.165) is 11.3 Å². The van der Waals surface area contributed by atoms with Crippen molar-refractivity contribution in [1.82, 2.24) is 0 Å². The second kappa shape index (κ2) is 2.60. The molecule has 2 nitrogen and oxygen atoms in total. The molecule has 0 spiro atoms. The van der Waals surface area contributed by atoms with Crippen LogP contribution >= 0.6 is 0 Å². The average molecular weight is 136 g/mol. The Labute approximate surface area is 60.6 Å². The van der Waals surface area contributed by atoms with Crippen molar-refractivity contribution < 1.29 is 4.74 Å². The molecule has 1 aromatic carbocycles. The van der Waals surface area contributed by atoms with E-state index in [2.05, 4.69) is 6.07 Å². The van der Waals surface area contributed by atoms with Crippen molar-refractivity contribution in [3.63, 3.8) is 0 Å². The third kappa shape index (κ3) is 1.21. The van der Waals surface area contributed by atoms with Gasteiger partial charge in [-0.05, 0) is 30.7 Å². The predicted molar refractivity (Wildman–Crippen MR) is 41.0 cm³/mol. The zero-order valence-corrected chi connectivity index (χ0v) is 6.14. The van der Waals surface area contributed by atoms with Gasteiger partial charge in [-0.2, -0.15) is 0 Å². The first-order valence-corrected chi connectivity index (χ1v) is 3.06. The Morgan fingerprint density at radius 2 is 2.30 bits per heavy atom. The van der Waals surface area contributed by atoms with Crippen LogP contribution < -0.4 is 10.5 Å². The van der Waals surface area contributed by atoms with Crippen LogP contribution in [0.25, 0.3) is 0 Å². The maximum absolute atomic E-state index is 5.54. The van der Waals surface area contributed by atoms with Crippen molar-refractivity contribution in [1.29, 1.82) is 0 Å². The van der Waals surface area contributed by atoms with E-state index in [1.165, 1.54) is 0 Å². The molecule has 0 unspecified atom stereocenters. The number of anilines is 1. The summed E-state index contributed by atoms with van der Waals surface area (Å²) in [7, 11) is 1.60. The number of methoxy groups -OCH3 is 1. The van der Waals surface area contributed by atoms with Gasteiger partial charge < -0.3 is 10.5 Å². The van der Waals surface area contributed by atoms with E-state index >= 15 is 0 Å². The molecule has 0 heterocycles. The average Bonchev–Trinajstić information content (AvgIpc) is 1.94. The Bertz CT molecular complexity index is 233. The van der Waals surface area contributed by atoms with Crippen LogP contribution in [0.1, 0.15) is 5.56 Å². The zero-order valence-electron chi connectivity index (χ0n) is 6.14. The van der Waals surface area contributed by atoms with Crippen LogP contribution in [0.4, 0.5) is 5.69 Å². The number of rotatable bonds is 1. The lowest BCUT2D eigenvalue weighted by atomic mass is 10.2. The highest BCUT2D eigenvalue weighted by Crippen LogP contribution is 2.20. The van der Waals surface area contributed by atoms with E-state index in [-0.39, 0.29) is 0 Å². The Hall–Kier alpha value is -1.18. The second-order valence-corrected chi connectivity index (χ2v) is 2.14. The van der Waals surface area contributed by atoms with Crippen LogP contribution in [0.2, 0.25) is 0 Å². The first-order chi connectivity index (χ1) is 4.74. The van der Waals surface area contributed by atoms with Crippen LogP contribution in [-0.2, 0) is 0 Å². The molecule has 1 rings (SSSR count). The molecule has 0 aliphatic carbocycles. The van der Waals surface area contributed by atoms with Crippen molar-refractivity contribution in [3.8, 4) is 5.75 Å². The Balaban J connectivity index is 3.09. The third-order valence-electron chi connectivity index (χ3n) is 1.31. The summed E-state index contributed by atoms with van der Waals surface area (Å²) in [6, 6.07) is 6.54. The monoisotopic (exact) mass is 136 g/mol. The van der Waals surface area contributed by atoms with Crippen molar-refractivity contribution in [2.24, 2.45) is 0 Å². The van der Waals surface area contributed by atoms with E-state index in [1.54, 1.807) is 13.2 Å². The zero-order chi connectivity index (χ0) is 7.56. The molecule has 0 saturated carbocycles. The van der Waals surface area contributed by atoms with Gasteiger partial charge in [-0.15, -0.1) is 0 Å². The van der Waals surface area contributed by atoms with Crippen molar-refractivity contribution in [2.75, 3.05) is 12.8 Å². The molecule has 10 heavy (non-hydrogen) atoms. The number of hydrogen-bond donors (Lipinski definition) is 1. The maximum atomic E-state index is 5.54. The van der Waals surface area contributed by atoms with Gasteiger partial charge >= 0.3 is 0 Å². The van der Waals surface area contributed by atoms with E-state index in [0.29, 0.717) is 5.69 Å². The standard InChI is InChI=1S/C8H10NO/c1-6-3-4-7(9)8(5-6)10-2/h4-5H,9H2,1-2H3. The van der Waals surface area contributed by atoms with Gasteiger partial charge in [0.05, 0.1) is 12.8 Å². The Morgan fingerprint density at radius 1 is 1.60 bits per heavy atom. The summed E-state index contributed by atoms with van der Waals surface area (Å²) < 4.78 is 4.98. The highest BCUT2D eigenvalue weighted by atomic mass is 16.5. The number of benzene rings is 1. The van der Waals surface area contributed by atoms with Gasteiger partial charge in [0.2, 0.25) is 0 Å². The molecule has 0 saturated heterocycles.